The van der Waals surface area contributed by atoms with Crippen LogP contribution < -0.4 is 10.6 Å². The van der Waals surface area contributed by atoms with E-state index in [1.165, 1.54) is 0 Å². The monoisotopic (exact) mass is 473 g/mol. The molecule has 4 amide bonds. The van der Waals surface area contributed by atoms with Crippen LogP contribution in [-0.4, -0.2) is 34.8 Å². The summed E-state index contributed by atoms with van der Waals surface area (Å²) in [6, 6.07) is 10.9. The molecule has 0 bridgehead atoms. The maximum atomic E-state index is 12.9. The molecule has 1 saturated heterocycles. The lowest BCUT2D eigenvalue weighted by molar-refractivity contribution is -0.137. The minimum Gasteiger partial charge on any atom is -0.459 e. The van der Waals surface area contributed by atoms with Gasteiger partial charge in [-0.25, -0.2) is 4.79 Å². The number of carbonyl (C=O) groups excluding carboxylic acids is 3. The third-order valence-corrected chi connectivity index (χ3v) is 6.58. The molecule has 2 heterocycles. The van der Waals surface area contributed by atoms with Crippen molar-refractivity contribution in [3.05, 3.63) is 46.6 Å². The summed E-state index contributed by atoms with van der Waals surface area (Å²) >= 11 is 3.40. The van der Waals surface area contributed by atoms with Crippen LogP contribution in [0.3, 0.4) is 0 Å². The first kappa shape index (κ1) is 20.7. The van der Waals surface area contributed by atoms with Gasteiger partial charge in [0.2, 0.25) is 5.91 Å². The summed E-state index contributed by atoms with van der Waals surface area (Å²) in [5.41, 5.74) is 0.0814. The number of halogens is 1. The van der Waals surface area contributed by atoms with Crippen LogP contribution in [0.1, 0.15) is 38.4 Å². The van der Waals surface area contributed by atoms with E-state index in [1.807, 2.05) is 37.3 Å². The highest BCUT2D eigenvalue weighted by Crippen LogP contribution is 2.38. The SMILES string of the molecule is C[C@H]1CCCC[C@]12NC(=O)N(CC(=O)NCc1ccc(-c3ccc(Br)cc3)o1)C2=O. The predicted octanol–water partition coefficient (Wildman–Crippen LogP) is 3.83. The van der Waals surface area contributed by atoms with Gasteiger partial charge in [-0.05, 0) is 43.0 Å². The number of nitrogens with one attached hydrogen (secondary N) is 2. The number of imide groups is 1. The number of benzene rings is 1. The van der Waals surface area contributed by atoms with Crippen molar-refractivity contribution < 1.29 is 18.8 Å². The molecule has 1 spiro atoms. The van der Waals surface area contributed by atoms with Gasteiger partial charge in [-0.15, -0.1) is 0 Å². The molecule has 1 aliphatic heterocycles. The van der Waals surface area contributed by atoms with Crippen molar-refractivity contribution in [2.24, 2.45) is 5.92 Å². The number of furan rings is 1. The molecule has 1 saturated carbocycles. The molecule has 0 unspecified atom stereocenters. The first-order chi connectivity index (χ1) is 14.4. The highest BCUT2D eigenvalue weighted by molar-refractivity contribution is 9.10. The molecule has 7 nitrogen and oxygen atoms in total. The average molecular weight is 474 g/mol. The Morgan fingerprint density at radius 1 is 1.23 bits per heavy atom. The van der Waals surface area contributed by atoms with Gasteiger partial charge in [-0.1, -0.05) is 47.8 Å². The number of hydrogen-bond acceptors (Lipinski definition) is 4. The Morgan fingerprint density at radius 2 is 2.00 bits per heavy atom. The summed E-state index contributed by atoms with van der Waals surface area (Å²) in [4.78, 5) is 38.8. The Morgan fingerprint density at radius 3 is 2.73 bits per heavy atom. The van der Waals surface area contributed by atoms with Crippen LogP contribution >= 0.6 is 15.9 Å². The lowest BCUT2D eigenvalue weighted by Crippen LogP contribution is -2.54. The summed E-state index contributed by atoms with van der Waals surface area (Å²) in [6.07, 6.45) is 3.47. The summed E-state index contributed by atoms with van der Waals surface area (Å²) in [7, 11) is 0. The van der Waals surface area contributed by atoms with Gasteiger partial charge in [0.25, 0.3) is 5.91 Å². The molecule has 1 aromatic heterocycles. The highest BCUT2D eigenvalue weighted by Gasteiger charge is 2.55. The van der Waals surface area contributed by atoms with Crippen LogP contribution in [0.4, 0.5) is 4.79 Å². The zero-order valence-electron chi connectivity index (χ0n) is 16.7. The topological polar surface area (TPSA) is 91.7 Å². The van der Waals surface area contributed by atoms with Crippen LogP contribution in [0.25, 0.3) is 11.3 Å². The van der Waals surface area contributed by atoms with Gasteiger partial charge in [0, 0.05) is 10.0 Å². The second-order valence-electron chi connectivity index (χ2n) is 7.99. The minimum absolute atomic E-state index is 0.0657. The molecule has 2 atom stereocenters. The predicted molar refractivity (Wildman–Crippen MR) is 114 cm³/mol. The van der Waals surface area contributed by atoms with Gasteiger partial charge in [0.05, 0.1) is 6.54 Å². The van der Waals surface area contributed by atoms with Crippen molar-refractivity contribution in [3.63, 3.8) is 0 Å². The molecular weight excluding hydrogens is 450 g/mol. The largest absolute Gasteiger partial charge is 0.459 e. The number of nitrogens with zero attached hydrogens (tertiary/aromatic N) is 1. The van der Waals surface area contributed by atoms with Crippen LogP contribution in [0.2, 0.25) is 0 Å². The number of urea groups is 1. The van der Waals surface area contributed by atoms with Crippen molar-refractivity contribution in [2.75, 3.05) is 6.54 Å². The molecular formula is C22H24BrN3O4. The minimum atomic E-state index is -0.851. The lowest BCUT2D eigenvalue weighted by Gasteiger charge is -2.36. The third kappa shape index (κ3) is 3.88. The van der Waals surface area contributed by atoms with Crippen molar-refractivity contribution >= 4 is 33.8 Å². The average Bonchev–Trinajstić information content (AvgIpc) is 3.29. The van der Waals surface area contributed by atoms with E-state index in [9.17, 15) is 14.4 Å². The van der Waals surface area contributed by atoms with Crippen molar-refractivity contribution in [1.29, 1.82) is 0 Å². The standard InChI is InChI=1S/C22H24BrN3O4/c1-14-4-2-3-11-22(14)20(28)26(21(29)25-22)13-19(27)24-12-17-9-10-18(30-17)15-5-7-16(23)8-6-15/h5-10,14H,2-4,11-13H2,1H3,(H,24,27)(H,25,29)/t14-,22-/m0/s1. The zero-order chi connectivity index (χ0) is 21.3. The van der Waals surface area contributed by atoms with Gasteiger partial charge in [0.15, 0.2) is 0 Å². The van der Waals surface area contributed by atoms with E-state index >= 15 is 0 Å². The van der Waals surface area contributed by atoms with Gasteiger partial charge >= 0.3 is 6.03 Å². The summed E-state index contributed by atoms with van der Waals surface area (Å²) < 4.78 is 6.77. The van der Waals surface area contributed by atoms with Crippen LogP contribution in [0.5, 0.6) is 0 Å². The maximum Gasteiger partial charge on any atom is 0.325 e. The molecule has 2 N–H and O–H groups in total. The van der Waals surface area contributed by atoms with Gasteiger partial charge < -0.3 is 15.1 Å². The van der Waals surface area contributed by atoms with E-state index in [0.29, 0.717) is 17.9 Å². The Kier molecular flexibility index (Phi) is 5.69. The quantitative estimate of drug-likeness (QED) is 0.645. The third-order valence-electron chi connectivity index (χ3n) is 6.05. The first-order valence-electron chi connectivity index (χ1n) is 10.1. The zero-order valence-corrected chi connectivity index (χ0v) is 18.3. The smallest absolute Gasteiger partial charge is 0.325 e. The van der Waals surface area contributed by atoms with E-state index in [1.54, 1.807) is 6.07 Å². The number of amides is 4. The number of hydrogen-bond donors (Lipinski definition) is 2. The van der Waals surface area contributed by atoms with Gasteiger partial charge in [-0.3, -0.25) is 14.5 Å². The second kappa shape index (κ2) is 8.26. The van der Waals surface area contributed by atoms with Crippen molar-refractivity contribution in [1.82, 2.24) is 15.5 Å². The van der Waals surface area contributed by atoms with E-state index in [-0.39, 0.29) is 24.9 Å². The fourth-order valence-electron chi connectivity index (χ4n) is 4.27. The van der Waals surface area contributed by atoms with Crippen LogP contribution in [-0.2, 0) is 16.1 Å². The fraction of sp³-hybridized carbons (Fsp3) is 0.409. The Balaban J connectivity index is 1.35. The van der Waals surface area contributed by atoms with E-state index in [2.05, 4.69) is 26.6 Å². The fourth-order valence-corrected chi connectivity index (χ4v) is 4.53. The second-order valence-corrected chi connectivity index (χ2v) is 8.90. The van der Waals surface area contributed by atoms with E-state index in [4.69, 9.17) is 4.42 Å². The van der Waals surface area contributed by atoms with Gasteiger partial charge in [0.1, 0.15) is 23.6 Å². The summed E-state index contributed by atoms with van der Waals surface area (Å²) in [5, 5.41) is 5.59. The highest BCUT2D eigenvalue weighted by atomic mass is 79.9. The Labute approximate surface area is 183 Å². The molecule has 8 heteroatoms. The lowest BCUT2D eigenvalue weighted by atomic mass is 9.73. The Bertz CT molecular complexity index is 971. The molecule has 1 aliphatic carbocycles. The van der Waals surface area contributed by atoms with Crippen LogP contribution in [0, 0.1) is 5.92 Å². The van der Waals surface area contributed by atoms with Gasteiger partial charge in [-0.2, -0.15) is 0 Å². The first-order valence-corrected chi connectivity index (χ1v) is 10.9. The summed E-state index contributed by atoms with van der Waals surface area (Å²) in [6.45, 7) is 1.88. The summed E-state index contributed by atoms with van der Waals surface area (Å²) in [5.74, 6) is 0.673. The van der Waals surface area contributed by atoms with Crippen molar-refractivity contribution in [2.45, 2.75) is 44.7 Å². The molecule has 1 aromatic carbocycles. The molecule has 2 aliphatic rings. The number of carbonyl (C=O) groups is 3. The van der Waals surface area contributed by atoms with Crippen LogP contribution in [0.15, 0.2) is 45.3 Å². The maximum absolute atomic E-state index is 12.9. The normalized spacial score (nSPS) is 23.7. The molecule has 158 valence electrons. The van der Waals surface area contributed by atoms with E-state index in [0.717, 1.165) is 34.2 Å². The molecule has 4 rings (SSSR count). The molecule has 2 aromatic rings. The van der Waals surface area contributed by atoms with Crippen molar-refractivity contribution in [3.8, 4) is 11.3 Å². The molecule has 30 heavy (non-hydrogen) atoms. The van der Waals surface area contributed by atoms with E-state index < -0.39 is 17.5 Å². The molecule has 0 radical (unpaired) electrons. The number of rotatable bonds is 5. The Hall–Kier alpha value is -2.61. The molecule has 2 fully saturated rings.